The fourth-order valence-corrected chi connectivity index (χ4v) is 2.03. The first kappa shape index (κ1) is 13.9. The molecule has 0 radical (unpaired) electrons. The van der Waals surface area contributed by atoms with E-state index in [1.54, 1.807) is 19.9 Å². The predicted molar refractivity (Wildman–Crippen MR) is 74.4 cm³/mol. The number of hydrogen-bond acceptors (Lipinski definition) is 4. The van der Waals surface area contributed by atoms with Gasteiger partial charge in [0, 0.05) is 15.6 Å². The lowest BCUT2D eigenvalue weighted by atomic mass is 10.2. The van der Waals surface area contributed by atoms with Gasteiger partial charge in [-0.25, -0.2) is 4.79 Å². The molecule has 1 aliphatic rings. The van der Waals surface area contributed by atoms with Crippen molar-refractivity contribution >= 4 is 21.9 Å². The maximum atomic E-state index is 11.6. The van der Waals surface area contributed by atoms with Gasteiger partial charge in [-0.2, -0.15) is 0 Å². The molecule has 1 heterocycles. The van der Waals surface area contributed by atoms with E-state index in [1.807, 2.05) is 12.1 Å². The molecule has 0 N–H and O–H groups in total. The van der Waals surface area contributed by atoms with Gasteiger partial charge in [0.1, 0.15) is 19.8 Å². The zero-order valence-electron chi connectivity index (χ0n) is 10.9. The Morgan fingerprint density at radius 3 is 2.63 bits per heavy atom. The van der Waals surface area contributed by atoms with Gasteiger partial charge in [0.15, 0.2) is 11.5 Å². The Kier molecular flexibility index (Phi) is 4.47. The minimum Gasteiger partial charge on any atom is -0.486 e. The highest BCUT2D eigenvalue weighted by Gasteiger charge is 2.16. The quantitative estimate of drug-likeness (QED) is 0.632. The van der Waals surface area contributed by atoms with Gasteiger partial charge in [-0.3, -0.25) is 0 Å². The molecular weight excluding hydrogens is 312 g/mol. The summed E-state index contributed by atoms with van der Waals surface area (Å²) in [7, 11) is 0. The molecule has 1 aromatic carbocycles. The SMILES string of the molecule is CC=C(C)C(=O)OCc1cc2c(cc1Br)OCCO2. The highest BCUT2D eigenvalue weighted by atomic mass is 79.9. The van der Waals surface area contributed by atoms with E-state index in [0.29, 0.717) is 30.3 Å². The predicted octanol–water partition coefficient (Wildman–Crippen LogP) is 3.23. The monoisotopic (exact) mass is 326 g/mol. The topological polar surface area (TPSA) is 44.8 Å². The molecule has 19 heavy (non-hydrogen) atoms. The number of benzene rings is 1. The van der Waals surface area contributed by atoms with Crippen molar-refractivity contribution in [1.29, 1.82) is 0 Å². The lowest BCUT2D eigenvalue weighted by molar-refractivity contribution is -0.140. The zero-order chi connectivity index (χ0) is 13.8. The Morgan fingerprint density at radius 2 is 2.00 bits per heavy atom. The summed E-state index contributed by atoms with van der Waals surface area (Å²) in [5.41, 5.74) is 1.44. The molecule has 4 nitrogen and oxygen atoms in total. The molecule has 0 aliphatic carbocycles. The summed E-state index contributed by atoms with van der Waals surface area (Å²) in [4.78, 5) is 11.6. The molecule has 0 unspecified atom stereocenters. The highest BCUT2D eigenvalue weighted by molar-refractivity contribution is 9.10. The second kappa shape index (κ2) is 6.10. The number of carbonyl (C=O) groups is 1. The van der Waals surface area contributed by atoms with Crippen LogP contribution in [-0.2, 0) is 16.1 Å². The van der Waals surface area contributed by atoms with Crippen molar-refractivity contribution in [2.45, 2.75) is 20.5 Å². The van der Waals surface area contributed by atoms with E-state index in [1.165, 1.54) is 0 Å². The van der Waals surface area contributed by atoms with Gasteiger partial charge in [-0.05, 0) is 26.0 Å². The maximum absolute atomic E-state index is 11.6. The van der Waals surface area contributed by atoms with Crippen LogP contribution in [0.5, 0.6) is 11.5 Å². The summed E-state index contributed by atoms with van der Waals surface area (Å²) >= 11 is 3.44. The summed E-state index contributed by atoms with van der Waals surface area (Å²) < 4.78 is 17.0. The van der Waals surface area contributed by atoms with Crippen LogP contribution in [-0.4, -0.2) is 19.2 Å². The van der Waals surface area contributed by atoms with Crippen LogP contribution in [0.2, 0.25) is 0 Å². The number of esters is 1. The Balaban J connectivity index is 2.10. The number of fused-ring (bicyclic) bond motifs is 1. The lowest BCUT2D eigenvalue weighted by Gasteiger charge is -2.19. The minimum absolute atomic E-state index is 0.196. The number of rotatable bonds is 3. The molecule has 0 spiro atoms. The number of halogens is 1. The Morgan fingerprint density at radius 1 is 1.37 bits per heavy atom. The van der Waals surface area contributed by atoms with Crippen molar-refractivity contribution in [3.05, 3.63) is 33.8 Å². The molecule has 5 heteroatoms. The fraction of sp³-hybridized carbons (Fsp3) is 0.357. The molecule has 0 bridgehead atoms. The Labute approximate surface area is 120 Å². The van der Waals surface area contributed by atoms with Crippen LogP contribution < -0.4 is 9.47 Å². The van der Waals surface area contributed by atoms with E-state index in [4.69, 9.17) is 14.2 Å². The summed E-state index contributed by atoms with van der Waals surface area (Å²) in [5, 5.41) is 0. The third kappa shape index (κ3) is 3.29. The first-order valence-corrected chi connectivity index (χ1v) is 6.79. The van der Waals surface area contributed by atoms with Crippen molar-refractivity contribution in [2.75, 3.05) is 13.2 Å². The summed E-state index contributed by atoms with van der Waals surface area (Å²) in [6, 6.07) is 3.66. The fourth-order valence-electron chi connectivity index (χ4n) is 1.59. The summed E-state index contributed by atoms with van der Waals surface area (Å²) in [6.45, 7) is 4.80. The van der Waals surface area contributed by atoms with Gasteiger partial charge in [0.25, 0.3) is 0 Å². The average molecular weight is 327 g/mol. The first-order chi connectivity index (χ1) is 9.11. The molecule has 0 aromatic heterocycles. The zero-order valence-corrected chi connectivity index (χ0v) is 12.5. The van der Waals surface area contributed by atoms with Crippen LogP contribution >= 0.6 is 15.9 Å². The van der Waals surface area contributed by atoms with Crippen molar-refractivity contribution < 1.29 is 19.0 Å². The standard InChI is InChI=1S/C14H15BrO4/c1-3-9(2)14(16)19-8-10-6-12-13(7-11(10)15)18-5-4-17-12/h3,6-7H,4-5,8H2,1-2H3. The molecule has 0 saturated carbocycles. The van der Waals surface area contributed by atoms with Crippen molar-refractivity contribution in [1.82, 2.24) is 0 Å². The van der Waals surface area contributed by atoms with Gasteiger partial charge < -0.3 is 14.2 Å². The summed E-state index contributed by atoms with van der Waals surface area (Å²) in [6.07, 6.45) is 1.72. The lowest BCUT2D eigenvalue weighted by Crippen LogP contribution is -2.15. The third-order valence-corrected chi connectivity index (χ3v) is 3.56. The van der Waals surface area contributed by atoms with E-state index in [-0.39, 0.29) is 12.6 Å². The van der Waals surface area contributed by atoms with E-state index in [9.17, 15) is 4.79 Å². The number of carbonyl (C=O) groups excluding carboxylic acids is 1. The average Bonchev–Trinajstić information content (AvgIpc) is 2.43. The van der Waals surface area contributed by atoms with E-state index in [0.717, 1.165) is 10.0 Å². The smallest absolute Gasteiger partial charge is 0.333 e. The maximum Gasteiger partial charge on any atom is 0.333 e. The highest BCUT2D eigenvalue weighted by Crippen LogP contribution is 2.35. The van der Waals surface area contributed by atoms with E-state index < -0.39 is 0 Å². The normalized spacial score (nSPS) is 14.2. The molecule has 0 amide bonds. The van der Waals surface area contributed by atoms with Crippen LogP contribution in [0.15, 0.2) is 28.3 Å². The van der Waals surface area contributed by atoms with Gasteiger partial charge in [-0.1, -0.05) is 22.0 Å². The number of ether oxygens (including phenoxy) is 3. The van der Waals surface area contributed by atoms with Crippen LogP contribution in [0.3, 0.4) is 0 Å². The van der Waals surface area contributed by atoms with Crippen molar-refractivity contribution in [3.63, 3.8) is 0 Å². The molecule has 102 valence electrons. The second-order valence-corrected chi connectivity index (χ2v) is 4.99. The van der Waals surface area contributed by atoms with Crippen LogP contribution in [0.25, 0.3) is 0 Å². The second-order valence-electron chi connectivity index (χ2n) is 4.14. The van der Waals surface area contributed by atoms with Gasteiger partial charge in [0.05, 0.1) is 0 Å². The van der Waals surface area contributed by atoms with Crippen molar-refractivity contribution in [2.24, 2.45) is 0 Å². The number of allylic oxidation sites excluding steroid dienone is 1. The van der Waals surface area contributed by atoms with Crippen LogP contribution in [0, 0.1) is 0 Å². The van der Waals surface area contributed by atoms with Gasteiger partial charge in [0.2, 0.25) is 0 Å². The third-order valence-electron chi connectivity index (χ3n) is 2.82. The number of hydrogen-bond donors (Lipinski definition) is 0. The van der Waals surface area contributed by atoms with E-state index in [2.05, 4.69) is 15.9 Å². The molecule has 0 fully saturated rings. The van der Waals surface area contributed by atoms with Crippen LogP contribution in [0.4, 0.5) is 0 Å². The van der Waals surface area contributed by atoms with E-state index >= 15 is 0 Å². The largest absolute Gasteiger partial charge is 0.486 e. The molecule has 2 rings (SSSR count). The van der Waals surface area contributed by atoms with Crippen molar-refractivity contribution in [3.8, 4) is 11.5 Å². The molecular formula is C14H15BrO4. The van der Waals surface area contributed by atoms with Crippen LogP contribution in [0.1, 0.15) is 19.4 Å². The first-order valence-electron chi connectivity index (χ1n) is 6.00. The molecule has 0 saturated heterocycles. The molecule has 1 aliphatic heterocycles. The Hall–Kier alpha value is -1.49. The Bertz CT molecular complexity index is 522. The molecule has 0 atom stereocenters. The van der Waals surface area contributed by atoms with Gasteiger partial charge in [-0.15, -0.1) is 0 Å². The van der Waals surface area contributed by atoms with Gasteiger partial charge >= 0.3 is 5.97 Å². The minimum atomic E-state index is -0.315. The summed E-state index contributed by atoms with van der Waals surface area (Å²) in [5.74, 6) is 1.07. The molecule has 1 aromatic rings.